The minimum absolute atomic E-state index is 0.122. The summed E-state index contributed by atoms with van der Waals surface area (Å²) in [5, 5.41) is 6.58. The fraction of sp³-hybridized carbons (Fsp3) is 0.692. The largest absolute Gasteiger partial charge is 0.301 e. The molecule has 0 bridgehead atoms. The van der Waals surface area contributed by atoms with Crippen molar-refractivity contribution in [1.29, 1.82) is 0 Å². The van der Waals surface area contributed by atoms with Gasteiger partial charge in [0.05, 0.1) is 5.69 Å². The number of piperidine rings is 1. The van der Waals surface area contributed by atoms with Crippen LogP contribution in [0.3, 0.4) is 0 Å². The van der Waals surface area contributed by atoms with Gasteiger partial charge in [0.25, 0.3) is 5.56 Å². The molecule has 1 aliphatic heterocycles. The number of likely N-dealkylation sites (tertiary alicyclic amines) is 1. The molecule has 0 unspecified atom stereocenters. The Hall–Kier alpha value is -1.16. The minimum atomic E-state index is -0.122. The van der Waals surface area contributed by atoms with Crippen molar-refractivity contribution in [2.24, 2.45) is 5.92 Å². The highest BCUT2D eigenvalue weighted by molar-refractivity contribution is 5.01. The number of nitrogens with one attached hydrogen (secondary N) is 1. The average molecular weight is 235 g/mol. The lowest BCUT2D eigenvalue weighted by Crippen LogP contribution is -2.38. The van der Waals surface area contributed by atoms with Gasteiger partial charge < -0.3 is 4.90 Å². The molecule has 2 heterocycles. The molecule has 0 amide bonds. The van der Waals surface area contributed by atoms with Crippen LogP contribution < -0.4 is 5.56 Å². The highest BCUT2D eigenvalue weighted by atomic mass is 16.1. The fourth-order valence-corrected chi connectivity index (χ4v) is 2.46. The SMILES string of the molecule is CC(C)N1CCC(Cc2ccc(=O)[nH]n2)CC1. The van der Waals surface area contributed by atoms with Crippen molar-refractivity contribution < 1.29 is 0 Å². The molecule has 0 atom stereocenters. The third kappa shape index (κ3) is 3.40. The molecule has 1 N–H and O–H groups in total. The monoisotopic (exact) mass is 235 g/mol. The maximum Gasteiger partial charge on any atom is 0.264 e. The molecule has 17 heavy (non-hydrogen) atoms. The molecular formula is C13H21N3O. The van der Waals surface area contributed by atoms with Crippen LogP contribution in [0, 0.1) is 5.92 Å². The van der Waals surface area contributed by atoms with Gasteiger partial charge in [-0.1, -0.05) is 0 Å². The Bertz CT molecular complexity index is 385. The van der Waals surface area contributed by atoms with Gasteiger partial charge in [-0.2, -0.15) is 5.10 Å². The molecule has 1 aromatic rings. The van der Waals surface area contributed by atoms with E-state index in [0.29, 0.717) is 12.0 Å². The van der Waals surface area contributed by atoms with E-state index in [-0.39, 0.29) is 5.56 Å². The Balaban J connectivity index is 1.86. The Morgan fingerprint density at radius 3 is 2.65 bits per heavy atom. The highest BCUT2D eigenvalue weighted by Gasteiger charge is 2.21. The smallest absolute Gasteiger partial charge is 0.264 e. The number of hydrogen-bond donors (Lipinski definition) is 1. The van der Waals surface area contributed by atoms with E-state index < -0.39 is 0 Å². The van der Waals surface area contributed by atoms with E-state index in [0.717, 1.165) is 12.1 Å². The van der Waals surface area contributed by atoms with E-state index in [9.17, 15) is 4.79 Å². The summed E-state index contributed by atoms with van der Waals surface area (Å²) >= 11 is 0. The van der Waals surface area contributed by atoms with Gasteiger partial charge in [0, 0.05) is 12.1 Å². The predicted molar refractivity (Wildman–Crippen MR) is 68.0 cm³/mol. The van der Waals surface area contributed by atoms with Gasteiger partial charge in [0.15, 0.2) is 0 Å². The summed E-state index contributed by atoms with van der Waals surface area (Å²) in [4.78, 5) is 13.4. The maximum absolute atomic E-state index is 10.9. The first-order valence-corrected chi connectivity index (χ1v) is 6.44. The zero-order chi connectivity index (χ0) is 12.3. The Labute approximate surface area is 102 Å². The van der Waals surface area contributed by atoms with Crippen LogP contribution in [0.2, 0.25) is 0 Å². The quantitative estimate of drug-likeness (QED) is 0.862. The molecule has 1 aliphatic rings. The topological polar surface area (TPSA) is 49.0 Å². The summed E-state index contributed by atoms with van der Waals surface area (Å²) in [6, 6.07) is 4.06. The first-order chi connectivity index (χ1) is 8.15. The summed E-state index contributed by atoms with van der Waals surface area (Å²) < 4.78 is 0. The highest BCUT2D eigenvalue weighted by Crippen LogP contribution is 2.21. The van der Waals surface area contributed by atoms with E-state index in [2.05, 4.69) is 28.9 Å². The molecule has 1 aromatic heterocycles. The first-order valence-electron chi connectivity index (χ1n) is 6.44. The molecule has 0 saturated carbocycles. The normalized spacial score (nSPS) is 18.8. The number of nitrogens with zero attached hydrogens (tertiary/aromatic N) is 2. The van der Waals surface area contributed by atoms with Crippen molar-refractivity contribution >= 4 is 0 Å². The van der Waals surface area contributed by atoms with Gasteiger partial charge in [-0.05, 0) is 58.2 Å². The average Bonchev–Trinajstić information content (AvgIpc) is 2.33. The summed E-state index contributed by atoms with van der Waals surface area (Å²) in [5.74, 6) is 0.711. The van der Waals surface area contributed by atoms with Gasteiger partial charge in [-0.25, -0.2) is 5.10 Å². The second-order valence-electron chi connectivity index (χ2n) is 5.19. The molecule has 0 aliphatic carbocycles. The molecule has 94 valence electrons. The van der Waals surface area contributed by atoms with Gasteiger partial charge in [-0.15, -0.1) is 0 Å². The van der Waals surface area contributed by atoms with Gasteiger partial charge >= 0.3 is 0 Å². The van der Waals surface area contributed by atoms with Gasteiger partial charge in [-0.3, -0.25) is 4.79 Å². The van der Waals surface area contributed by atoms with E-state index in [1.165, 1.54) is 25.9 Å². The number of aromatic amines is 1. The number of rotatable bonds is 3. The van der Waals surface area contributed by atoms with Crippen LogP contribution in [0.25, 0.3) is 0 Å². The molecule has 4 heteroatoms. The van der Waals surface area contributed by atoms with Crippen LogP contribution in [-0.2, 0) is 6.42 Å². The van der Waals surface area contributed by atoms with Crippen molar-refractivity contribution in [3.05, 3.63) is 28.2 Å². The molecule has 2 rings (SSSR count). The lowest BCUT2D eigenvalue weighted by atomic mass is 9.91. The Morgan fingerprint density at radius 1 is 1.41 bits per heavy atom. The predicted octanol–water partition coefficient (Wildman–Crippen LogP) is 1.43. The third-order valence-electron chi connectivity index (χ3n) is 3.61. The molecular weight excluding hydrogens is 214 g/mol. The van der Waals surface area contributed by atoms with Crippen molar-refractivity contribution in [3.63, 3.8) is 0 Å². The van der Waals surface area contributed by atoms with Gasteiger partial charge in [0.2, 0.25) is 0 Å². The summed E-state index contributed by atoms with van der Waals surface area (Å²) in [6.45, 7) is 6.88. The van der Waals surface area contributed by atoms with Crippen LogP contribution in [0.5, 0.6) is 0 Å². The number of hydrogen-bond acceptors (Lipinski definition) is 3. The summed E-state index contributed by atoms with van der Waals surface area (Å²) in [5.41, 5.74) is 0.885. The van der Waals surface area contributed by atoms with Crippen LogP contribution in [0.4, 0.5) is 0 Å². The van der Waals surface area contributed by atoms with E-state index >= 15 is 0 Å². The maximum atomic E-state index is 10.9. The van der Waals surface area contributed by atoms with Crippen molar-refractivity contribution in [2.75, 3.05) is 13.1 Å². The Morgan fingerprint density at radius 2 is 2.12 bits per heavy atom. The number of H-pyrrole nitrogens is 1. The molecule has 4 nitrogen and oxygen atoms in total. The molecule has 0 aromatic carbocycles. The van der Waals surface area contributed by atoms with Crippen LogP contribution in [0.1, 0.15) is 32.4 Å². The second kappa shape index (κ2) is 5.45. The second-order valence-corrected chi connectivity index (χ2v) is 5.19. The fourth-order valence-electron chi connectivity index (χ4n) is 2.46. The molecule has 1 fully saturated rings. The molecule has 1 saturated heterocycles. The van der Waals surface area contributed by atoms with E-state index in [1.807, 2.05) is 6.07 Å². The lowest BCUT2D eigenvalue weighted by Gasteiger charge is -2.34. The van der Waals surface area contributed by atoms with Crippen LogP contribution >= 0.6 is 0 Å². The third-order valence-corrected chi connectivity index (χ3v) is 3.61. The van der Waals surface area contributed by atoms with Crippen molar-refractivity contribution in [3.8, 4) is 0 Å². The first kappa shape index (κ1) is 12.3. The zero-order valence-corrected chi connectivity index (χ0v) is 10.6. The molecule has 0 spiro atoms. The standard InChI is InChI=1S/C13H21N3O/c1-10(2)16-7-5-11(6-8-16)9-12-3-4-13(17)15-14-12/h3-4,10-11H,5-9H2,1-2H3,(H,15,17). The van der Waals surface area contributed by atoms with E-state index in [4.69, 9.17) is 0 Å². The lowest BCUT2D eigenvalue weighted by molar-refractivity contribution is 0.149. The van der Waals surface area contributed by atoms with Crippen molar-refractivity contribution in [1.82, 2.24) is 15.1 Å². The zero-order valence-electron chi connectivity index (χ0n) is 10.6. The van der Waals surface area contributed by atoms with Crippen LogP contribution in [-0.4, -0.2) is 34.2 Å². The molecule has 0 radical (unpaired) electrons. The summed E-state index contributed by atoms with van der Waals surface area (Å²) in [7, 11) is 0. The Kier molecular flexibility index (Phi) is 3.94. The van der Waals surface area contributed by atoms with Gasteiger partial charge in [0.1, 0.15) is 0 Å². The van der Waals surface area contributed by atoms with Crippen LogP contribution in [0.15, 0.2) is 16.9 Å². The van der Waals surface area contributed by atoms with E-state index in [1.54, 1.807) is 6.07 Å². The minimum Gasteiger partial charge on any atom is -0.301 e. The number of aromatic nitrogens is 2. The summed E-state index contributed by atoms with van der Waals surface area (Å²) in [6.07, 6.45) is 3.46. The van der Waals surface area contributed by atoms with Crippen molar-refractivity contribution in [2.45, 2.75) is 39.2 Å².